The molecule has 0 rings (SSSR count). The molecule has 0 fully saturated rings. The SMILES string of the molecule is CCCCCCCCCCCCCCCCCCCCCC/C=C/C(O)C(CO)NC(=O)CCCCCCCCCCC/C=C\CCCCCCCCCCCCCCOC(=O)CCCCCCCCCCCCCCCCCCCC. The number of aliphatic hydroxyl groups excluding tert-OH is 2. The van der Waals surface area contributed by atoms with Crippen molar-refractivity contribution in [3.05, 3.63) is 24.3 Å². The number of amides is 1. The van der Waals surface area contributed by atoms with Crippen LogP contribution >= 0.6 is 0 Å². The van der Waals surface area contributed by atoms with Gasteiger partial charge in [-0.05, 0) is 57.8 Å². The van der Waals surface area contributed by atoms with Gasteiger partial charge in [-0.25, -0.2) is 0 Å². The van der Waals surface area contributed by atoms with Gasteiger partial charge in [0.25, 0.3) is 0 Å². The highest BCUT2D eigenvalue weighted by molar-refractivity contribution is 5.76. The zero-order valence-electron chi connectivity index (χ0n) is 55.8. The lowest BCUT2D eigenvalue weighted by molar-refractivity contribution is -0.143. The van der Waals surface area contributed by atoms with Crippen LogP contribution in [0.15, 0.2) is 24.3 Å². The molecule has 0 aliphatic heterocycles. The lowest BCUT2D eigenvalue weighted by Crippen LogP contribution is -2.45. The Hall–Kier alpha value is -1.66. The molecular formula is C76H147NO5. The molecule has 0 heterocycles. The van der Waals surface area contributed by atoms with Crippen LogP contribution in [-0.4, -0.2) is 47.4 Å². The molecule has 0 aromatic carbocycles. The summed E-state index contributed by atoms with van der Waals surface area (Å²) >= 11 is 0. The van der Waals surface area contributed by atoms with Crippen molar-refractivity contribution in [2.75, 3.05) is 13.2 Å². The molecule has 0 bridgehead atoms. The highest BCUT2D eigenvalue weighted by Crippen LogP contribution is 2.19. The van der Waals surface area contributed by atoms with Crippen molar-refractivity contribution in [1.29, 1.82) is 0 Å². The molecule has 0 aromatic heterocycles. The summed E-state index contributed by atoms with van der Waals surface area (Å²) in [4.78, 5) is 24.7. The normalized spacial score (nSPS) is 12.6. The van der Waals surface area contributed by atoms with Crippen molar-refractivity contribution < 1.29 is 24.5 Å². The minimum Gasteiger partial charge on any atom is -0.466 e. The second-order valence-corrected chi connectivity index (χ2v) is 26.0. The Morgan fingerprint density at radius 1 is 0.329 bits per heavy atom. The Balaban J connectivity index is 3.40. The fourth-order valence-electron chi connectivity index (χ4n) is 12.0. The summed E-state index contributed by atoms with van der Waals surface area (Å²) in [7, 11) is 0. The lowest BCUT2D eigenvalue weighted by Gasteiger charge is -2.20. The number of esters is 1. The van der Waals surface area contributed by atoms with E-state index in [4.69, 9.17) is 4.74 Å². The standard InChI is InChI=1S/C76H147NO5/c1-3-5-7-9-11-13-15-17-19-21-23-24-30-33-36-40-44-48-52-56-60-64-68-74(79)73(72-78)77-75(80)69-65-61-57-53-49-45-41-37-34-31-28-26-25-27-29-32-35-39-43-47-51-55-59-63-67-71-82-76(81)70-66-62-58-54-50-46-42-38-22-20-18-16-14-12-10-8-6-4-2/h26,28,64,68,73-74,78-79H,3-25,27,29-63,65-67,69-72H2,1-2H3,(H,77,80)/b28-26-,68-64+. The fourth-order valence-corrected chi connectivity index (χ4v) is 12.0. The van der Waals surface area contributed by atoms with Crippen molar-refractivity contribution in [1.82, 2.24) is 5.32 Å². The van der Waals surface area contributed by atoms with Crippen molar-refractivity contribution in [3.8, 4) is 0 Å². The maximum absolute atomic E-state index is 12.5. The van der Waals surface area contributed by atoms with Gasteiger partial charge in [0.05, 0.1) is 25.4 Å². The first-order chi connectivity index (χ1) is 40.5. The van der Waals surface area contributed by atoms with E-state index < -0.39 is 12.1 Å². The summed E-state index contributed by atoms with van der Waals surface area (Å²) in [5.74, 6) is -0.0480. The van der Waals surface area contributed by atoms with E-state index in [0.717, 1.165) is 38.5 Å². The topological polar surface area (TPSA) is 95.9 Å². The predicted octanol–water partition coefficient (Wildman–Crippen LogP) is 24.5. The largest absolute Gasteiger partial charge is 0.466 e. The van der Waals surface area contributed by atoms with Crippen LogP contribution in [0, 0.1) is 0 Å². The molecule has 0 spiro atoms. The van der Waals surface area contributed by atoms with Crippen LogP contribution in [0.4, 0.5) is 0 Å². The third-order valence-corrected chi connectivity index (χ3v) is 17.7. The van der Waals surface area contributed by atoms with Crippen molar-refractivity contribution in [2.24, 2.45) is 0 Å². The van der Waals surface area contributed by atoms with E-state index in [1.165, 1.54) is 360 Å². The first kappa shape index (κ1) is 80.3. The number of hydrogen-bond acceptors (Lipinski definition) is 5. The molecule has 0 aromatic rings. The molecule has 2 unspecified atom stereocenters. The smallest absolute Gasteiger partial charge is 0.305 e. The highest BCUT2D eigenvalue weighted by atomic mass is 16.5. The van der Waals surface area contributed by atoms with Gasteiger partial charge in [-0.2, -0.15) is 0 Å². The zero-order chi connectivity index (χ0) is 59.2. The molecule has 2 atom stereocenters. The van der Waals surface area contributed by atoms with E-state index in [2.05, 4.69) is 31.3 Å². The first-order valence-electron chi connectivity index (χ1n) is 37.6. The fraction of sp³-hybridized carbons (Fsp3) is 0.921. The second-order valence-electron chi connectivity index (χ2n) is 26.0. The van der Waals surface area contributed by atoms with Gasteiger partial charge in [0.1, 0.15) is 0 Å². The molecule has 0 aliphatic rings. The molecule has 0 radical (unpaired) electrons. The van der Waals surface area contributed by atoms with Crippen LogP contribution in [0.25, 0.3) is 0 Å². The lowest BCUT2D eigenvalue weighted by atomic mass is 10.0. The number of ether oxygens (including phenoxy) is 1. The van der Waals surface area contributed by atoms with Crippen LogP contribution < -0.4 is 5.32 Å². The quantitative estimate of drug-likeness (QED) is 0.0320. The monoisotopic (exact) mass is 1150 g/mol. The van der Waals surface area contributed by atoms with Crippen LogP contribution in [0.3, 0.4) is 0 Å². The zero-order valence-corrected chi connectivity index (χ0v) is 55.8. The van der Waals surface area contributed by atoms with E-state index in [0.29, 0.717) is 19.4 Å². The Bertz CT molecular complexity index is 1280. The van der Waals surface area contributed by atoms with Gasteiger partial charge in [0, 0.05) is 12.8 Å². The maximum Gasteiger partial charge on any atom is 0.305 e. The second kappa shape index (κ2) is 71.8. The molecule has 486 valence electrons. The molecule has 6 heteroatoms. The van der Waals surface area contributed by atoms with Gasteiger partial charge in [-0.3, -0.25) is 9.59 Å². The van der Waals surface area contributed by atoms with Crippen molar-refractivity contribution in [3.63, 3.8) is 0 Å². The summed E-state index contributed by atoms with van der Waals surface area (Å²) in [6.45, 7) is 4.95. The van der Waals surface area contributed by atoms with Crippen LogP contribution in [0.2, 0.25) is 0 Å². The summed E-state index contributed by atoms with van der Waals surface area (Å²) in [6.07, 6.45) is 91.3. The Kier molecular flexibility index (Phi) is 70.4. The molecule has 1 amide bonds. The number of nitrogens with one attached hydrogen (secondary N) is 1. The van der Waals surface area contributed by atoms with E-state index in [-0.39, 0.29) is 18.5 Å². The van der Waals surface area contributed by atoms with Gasteiger partial charge in [-0.1, -0.05) is 378 Å². The van der Waals surface area contributed by atoms with E-state index >= 15 is 0 Å². The van der Waals surface area contributed by atoms with Crippen LogP contribution in [-0.2, 0) is 14.3 Å². The van der Waals surface area contributed by atoms with Gasteiger partial charge >= 0.3 is 5.97 Å². The number of carbonyl (C=O) groups is 2. The number of unbranched alkanes of at least 4 members (excludes halogenated alkanes) is 58. The Morgan fingerprint density at radius 2 is 0.573 bits per heavy atom. The number of hydrogen-bond donors (Lipinski definition) is 3. The van der Waals surface area contributed by atoms with Gasteiger partial charge in [0.15, 0.2) is 0 Å². The number of carbonyl (C=O) groups excluding carboxylic acids is 2. The molecule has 82 heavy (non-hydrogen) atoms. The molecule has 6 nitrogen and oxygen atoms in total. The third kappa shape index (κ3) is 67.5. The number of aliphatic hydroxyl groups is 2. The molecule has 0 saturated heterocycles. The molecular weight excluding hydrogens is 1010 g/mol. The van der Waals surface area contributed by atoms with Gasteiger partial charge < -0.3 is 20.3 Å². The van der Waals surface area contributed by atoms with Gasteiger partial charge in [0.2, 0.25) is 5.91 Å². The Labute approximate surface area is 513 Å². The van der Waals surface area contributed by atoms with Crippen molar-refractivity contribution >= 4 is 11.9 Å². The predicted molar refractivity (Wildman–Crippen MR) is 361 cm³/mol. The first-order valence-corrected chi connectivity index (χ1v) is 37.6. The summed E-state index contributed by atoms with van der Waals surface area (Å²) in [6, 6.07) is -0.631. The maximum atomic E-state index is 12.5. The number of rotatable bonds is 71. The van der Waals surface area contributed by atoms with Crippen molar-refractivity contribution in [2.45, 2.75) is 437 Å². The van der Waals surface area contributed by atoms with Crippen LogP contribution in [0.5, 0.6) is 0 Å². The molecule has 0 saturated carbocycles. The van der Waals surface area contributed by atoms with Crippen LogP contribution in [0.1, 0.15) is 425 Å². The van der Waals surface area contributed by atoms with E-state index in [1.807, 2.05) is 6.08 Å². The molecule has 0 aliphatic carbocycles. The summed E-state index contributed by atoms with van der Waals surface area (Å²) in [5.41, 5.74) is 0. The third-order valence-electron chi connectivity index (χ3n) is 17.7. The minimum atomic E-state index is -0.848. The van der Waals surface area contributed by atoms with E-state index in [9.17, 15) is 19.8 Å². The number of allylic oxidation sites excluding steroid dienone is 3. The minimum absolute atomic E-state index is 0.0185. The summed E-state index contributed by atoms with van der Waals surface area (Å²) < 4.78 is 5.51. The van der Waals surface area contributed by atoms with E-state index in [1.54, 1.807) is 6.08 Å². The average molecular weight is 1160 g/mol. The molecule has 3 N–H and O–H groups in total. The van der Waals surface area contributed by atoms with Gasteiger partial charge in [-0.15, -0.1) is 0 Å². The summed E-state index contributed by atoms with van der Waals surface area (Å²) in [5, 5.41) is 23.3. The Morgan fingerprint density at radius 3 is 0.866 bits per heavy atom. The average Bonchev–Trinajstić information content (AvgIpc) is 3.48. The highest BCUT2D eigenvalue weighted by Gasteiger charge is 2.18.